The fraction of sp³-hybridized carbons (Fsp3) is 0.293. The van der Waals surface area contributed by atoms with Crippen molar-refractivity contribution < 1.29 is 16.8 Å². The van der Waals surface area contributed by atoms with Crippen molar-refractivity contribution in [2.24, 2.45) is 10.8 Å². The second kappa shape index (κ2) is 20.0. The molecule has 0 radical (unpaired) electrons. The number of hydrogen-bond acceptors (Lipinski definition) is 11. The second-order valence-corrected chi connectivity index (χ2v) is 20.7. The van der Waals surface area contributed by atoms with Crippen molar-refractivity contribution in [2.45, 2.75) is 77.3 Å². The van der Waals surface area contributed by atoms with E-state index in [9.17, 15) is 27.4 Å². The van der Waals surface area contributed by atoms with E-state index in [4.69, 9.17) is 46.4 Å². The molecule has 1 aromatic heterocycles. The van der Waals surface area contributed by atoms with Crippen LogP contribution in [0.1, 0.15) is 55.4 Å². The van der Waals surface area contributed by atoms with Crippen molar-refractivity contribution >= 4 is 77.5 Å². The number of halogens is 4. The summed E-state index contributed by atoms with van der Waals surface area (Å²) in [4.78, 5) is 3.10. The molecule has 2 atom stereocenters. The fourth-order valence-electron chi connectivity index (χ4n) is 4.50. The molecule has 0 saturated heterocycles. The van der Waals surface area contributed by atoms with Gasteiger partial charge in [-0.25, -0.2) is 16.8 Å². The largest absolute Gasteiger partial charge is 0.367 e. The number of nitrogens with zero attached hydrogens (tertiary/aromatic N) is 3. The van der Waals surface area contributed by atoms with Crippen LogP contribution < -0.4 is 21.3 Å². The van der Waals surface area contributed by atoms with Gasteiger partial charge < -0.3 is 21.3 Å². The zero-order chi connectivity index (χ0) is 43.6. The zero-order valence-electron chi connectivity index (χ0n) is 33.1. The average Bonchev–Trinajstić information content (AvgIpc) is 3.11. The van der Waals surface area contributed by atoms with Crippen molar-refractivity contribution in [3.8, 4) is 12.1 Å². The van der Waals surface area contributed by atoms with Gasteiger partial charge in [0.05, 0.1) is 21.7 Å². The first-order valence-corrected chi connectivity index (χ1v) is 22.1. The summed E-state index contributed by atoms with van der Waals surface area (Å²) < 4.78 is 52.7. The Hall–Kier alpha value is -4.47. The molecule has 0 bridgehead atoms. The molecule has 4 aromatic rings. The number of sulfone groups is 2. The van der Waals surface area contributed by atoms with Crippen LogP contribution in [-0.2, 0) is 19.7 Å². The Morgan fingerprint density at radius 1 is 0.603 bits per heavy atom. The molecule has 3 aromatic carbocycles. The van der Waals surface area contributed by atoms with Crippen molar-refractivity contribution in [3.63, 3.8) is 0 Å². The van der Waals surface area contributed by atoms with Gasteiger partial charge in [-0.3, -0.25) is 4.98 Å². The van der Waals surface area contributed by atoms with Crippen molar-refractivity contribution in [3.05, 3.63) is 133 Å². The highest BCUT2D eigenvalue weighted by molar-refractivity contribution is 7.96. The van der Waals surface area contributed by atoms with Crippen LogP contribution in [0, 0.1) is 33.5 Å². The quantitative estimate of drug-likeness (QED) is 0.0995. The summed E-state index contributed by atoms with van der Waals surface area (Å²) in [5, 5.41) is 33.3. The van der Waals surface area contributed by atoms with Gasteiger partial charge in [-0.2, -0.15) is 10.5 Å². The third-order valence-corrected chi connectivity index (χ3v) is 13.2. The van der Waals surface area contributed by atoms with Gasteiger partial charge in [-0.1, -0.05) is 87.9 Å². The summed E-state index contributed by atoms with van der Waals surface area (Å²) in [5.41, 5.74) is 0.607. The van der Waals surface area contributed by atoms with Gasteiger partial charge in [0.1, 0.15) is 23.8 Å². The fourth-order valence-corrected chi connectivity index (χ4v) is 7.73. The molecule has 4 N–H and O–H groups in total. The monoisotopic (exact) mass is 903 g/mol. The highest BCUT2D eigenvalue weighted by atomic mass is 35.5. The SMILES string of the molecule is CC(NC(Nc1cc(Cl)cc(Cl)c1)=C(C#N)S(=O)(=O)c1ccc(Cl)cc1)C(C)(C)C.CC(NC(Nc1cccnc1)=C(C#N)S(=O)(=O)c1ccc(Cl)cc1)C(C)(C)C. The number of rotatable bonds is 12. The average molecular weight is 906 g/mol. The first-order chi connectivity index (χ1) is 26.9. The second-order valence-electron chi connectivity index (χ2n) is 15.2. The molecule has 1 heterocycles. The van der Waals surface area contributed by atoms with Crippen LogP contribution in [0.15, 0.2) is 122 Å². The Labute approximate surface area is 361 Å². The molecule has 0 amide bonds. The van der Waals surface area contributed by atoms with Gasteiger partial charge in [0.25, 0.3) is 0 Å². The van der Waals surface area contributed by atoms with E-state index in [0.29, 0.717) is 31.5 Å². The Bertz CT molecular complexity index is 2420. The molecular weight excluding hydrogens is 860 g/mol. The first kappa shape index (κ1) is 47.9. The standard InChI is InChI=1S/C21H22Cl3N3O2S.C20H23ClN4O2S/c1-13(21(2,3)4)26-20(27-17-10-15(23)9-16(24)11-17)19(12-25)30(28,29)18-7-5-14(22)6-8-18;1-14(20(2,3)4)24-19(25-16-6-5-11-23-13-16)18(12-22)28(26,27)17-9-7-15(21)8-10-17/h5-11,13,26-27H,1-4H3;5-11,13-14,24-25H,1-4H3. The van der Waals surface area contributed by atoms with Gasteiger partial charge in [0.2, 0.25) is 19.7 Å². The highest BCUT2D eigenvalue weighted by Crippen LogP contribution is 2.29. The van der Waals surface area contributed by atoms with E-state index < -0.39 is 29.5 Å². The van der Waals surface area contributed by atoms with Crippen LogP contribution in [0.4, 0.5) is 11.4 Å². The molecule has 11 nitrogen and oxygen atoms in total. The molecule has 0 spiro atoms. The number of aromatic nitrogens is 1. The molecule has 0 saturated carbocycles. The molecular formula is C41H45Cl4N7O4S2. The molecule has 0 aliphatic carbocycles. The molecule has 0 aliphatic rings. The number of hydrogen-bond donors (Lipinski definition) is 4. The molecule has 2 unspecified atom stereocenters. The molecule has 58 heavy (non-hydrogen) atoms. The van der Waals surface area contributed by atoms with E-state index in [-0.39, 0.29) is 44.3 Å². The van der Waals surface area contributed by atoms with Gasteiger partial charge in [0, 0.05) is 44.1 Å². The maximum absolute atomic E-state index is 13.2. The lowest BCUT2D eigenvalue weighted by Crippen LogP contribution is -2.40. The Morgan fingerprint density at radius 2 is 0.983 bits per heavy atom. The van der Waals surface area contributed by atoms with E-state index in [1.165, 1.54) is 48.5 Å². The van der Waals surface area contributed by atoms with E-state index in [0.717, 1.165) is 0 Å². The molecule has 0 fully saturated rings. The van der Waals surface area contributed by atoms with Gasteiger partial charge in [-0.15, -0.1) is 0 Å². The summed E-state index contributed by atoms with van der Waals surface area (Å²) in [6.07, 6.45) is 3.16. The molecule has 17 heteroatoms. The smallest absolute Gasteiger partial charge is 0.220 e. The third-order valence-electron chi connectivity index (χ3n) is 8.83. The van der Waals surface area contributed by atoms with Gasteiger partial charge in [-0.05, 0) is 104 Å². The summed E-state index contributed by atoms with van der Waals surface area (Å²) in [6, 6.07) is 22.9. The van der Waals surface area contributed by atoms with Crippen LogP contribution in [-0.4, -0.2) is 33.9 Å². The number of anilines is 2. The normalized spacial score (nSPS) is 13.8. The Morgan fingerprint density at radius 3 is 1.31 bits per heavy atom. The number of nitriles is 2. The minimum Gasteiger partial charge on any atom is -0.367 e. The Kier molecular flexibility index (Phi) is 16.5. The predicted molar refractivity (Wildman–Crippen MR) is 235 cm³/mol. The van der Waals surface area contributed by atoms with E-state index in [2.05, 4.69) is 26.3 Å². The lowest BCUT2D eigenvalue weighted by molar-refractivity contribution is 0.303. The number of pyridine rings is 1. The predicted octanol–water partition coefficient (Wildman–Crippen LogP) is 10.6. The maximum Gasteiger partial charge on any atom is 0.220 e. The summed E-state index contributed by atoms with van der Waals surface area (Å²) in [6.45, 7) is 15.9. The summed E-state index contributed by atoms with van der Waals surface area (Å²) in [7, 11) is -8.19. The van der Waals surface area contributed by atoms with Crippen LogP contribution in [0.3, 0.4) is 0 Å². The first-order valence-electron chi connectivity index (χ1n) is 17.6. The van der Waals surface area contributed by atoms with Crippen LogP contribution >= 0.6 is 46.4 Å². The minimum atomic E-state index is -4.13. The Balaban J connectivity index is 0.000000311. The lowest BCUT2D eigenvalue weighted by Gasteiger charge is -2.30. The maximum atomic E-state index is 13.2. The summed E-state index contributed by atoms with van der Waals surface area (Å²) >= 11 is 23.9. The van der Waals surface area contributed by atoms with Crippen LogP contribution in [0.2, 0.25) is 20.1 Å². The molecule has 308 valence electrons. The molecule has 0 aliphatic heterocycles. The van der Waals surface area contributed by atoms with Gasteiger partial charge in [0.15, 0.2) is 9.81 Å². The highest BCUT2D eigenvalue weighted by Gasteiger charge is 2.30. The number of benzene rings is 3. The van der Waals surface area contributed by atoms with E-state index in [1.54, 1.807) is 42.7 Å². The van der Waals surface area contributed by atoms with Crippen molar-refractivity contribution in [2.75, 3.05) is 10.6 Å². The van der Waals surface area contributed by atoms with Crippen LogP contribution in [0.5, 0.6) is 0 Å². The number of allylic oxidation sites excluding steroid dienone is 2. The van der Waals surface area contributed by atoms with Gasteiger partial charge >= 0.3 is 0 Å². The van der Waals surface area contributed by atoms with E-state index in [1.807, 2.05) is 67.5 Å². The van der Waals surface area contributed by atoms with Crippen molar-refractivity contribution in [1.82, 2.24) is 15.6 Å². The molecule has 4 rings (SSSR count). The number of nitrogens with one attached hydrogen (secondary N) is 4. The minimum absolute atomic E-state index is 0.0100. The van der Waals surface area contributed by atoms with Crippen LogP contribution in [0.25, 0.3) is 0 Å². The van der Waals surface area contributed by atoms with Crippen molar-refractivity contribution in [1.29, 1.82) is 10.5 Å². The van der Waals surface area contributed by atoms with E-state index >= 15 is 0 Å². The zero-order valence-corrected chi connectivity index (χ0v) is 37.8. The topological polar surface area (TPSA) is 177 Å². The summed E-state index contributed by atoms with van der Waals surface area (Å²) in [5.74, 6) is 0.140. The third kappa shape index (κ3) is 13.3. The lowest BCUT2D eigenvalue weighted by atomic mass is 9.88.